The molecule has 0 aliphatic rings. The van der Waals surface area contributed by atoms with Gasteiger partial charge in [-0.2, -0.15) is 0 Å². The van der Waals surface area contributed by atoms with Gasteiger partial charge >= 0.3 is 0 Å². The molecule has 0 aromatic heterocycles. The first-order chi connectivity index (χ1) is 18.1. The highest BCUT2D eigenvalue weighted by Crippen LogP contribution is 2.28. The normalized spacial score (nSPS) is 12.0. The molecule has 2 amide bonds. The van der Waals surface area contributed by atoms with Crippen LogP contribution in [0, 0.1) is 0 Å². The molecule has 0 spiro atoms. The standard InChI is InChI=1S/C27H28BrCl2N3O4S/c1-3-16-31-27(35)19(2)32(17-23-24(29)10-7-11-25(23)30)26(34)18-33(21-14-12-20(28)13-15-21)38(36,37)22-8-5-4-6-9-22/h4-15,19H,3,16-18H2,1-2H3,(H,31,35). The summed E-state index contributed by atoms with van der Waals surface area (Å²) in [5, 5.41) is 3.46. The number of benzene rings is 3. The molecule has 202 valence electrons. The van der Waals surface area contributed by atoms with Crippen molar-refractivity contribution in [3.63, 3.8) is 0 Å². The minimum atomic E-state index is -4.13. The maximum absolute atomic E-state index is 13.9. The van der Waals surface area contributed by atoms with Crippen LogP contribution in [0.1, 0.15) is 25.8 Å². The molecule has 1 N–H and O–H groups in total. The van der Waals surface area contributed by atoms with E-state index >= 15 is 0 Å². The number of carbonyl (C=O) groups is 2. The van der Waals surface area contributed by atoms with E-state index in [0.29, 0.717) is 27.8 Å². The molecule has 0 bridgehead atoms. The molecular formula is C27H28BrCl2N3O4S. The molecule has 0 saturated heterocycles. The van der Waals surface area contributed by atoms with Crippen molar-refractivity contribution in [3.05, 3.63) is 92.9 Å². The Morgan fingerprint density at radius 1 is 0.947 bits per heavy atom. The molecule has 3 aromatic carbocycles. The summed E-state index contributed by atoms with van der Waals surface area (Å²) >= 11 is 16.1. The minimum absolute atomic E-state index is 0.0326. The van der Waals surface area contributed by atoms with Crippen molar-refractivity contribution in [2.24, 2.45) is 0 Å². The van der Waals surface area contributed by atoms with Crippen LogP contribution in [0.15, 0.2) is 82.2 Å². The van der Waals surface area contributed by atoms with Crippen LogP contribution in [-0.4, -0.2) is 44.3 Å². The number of sulfonamides is 1. The summed E-state index contributed by atoms with van der Waals surface area (Å²) in [5.41, 5.74) is 0.754. The van der Waals surface area contributed by atoms with E-state index in [0.717, 1.165) is 15.2 Å². The topological polar surface area (TPSA) is 86.8 Å². The minimum Gasteiger partial charge on any atom is -0.354 e. The Hall–Kier alpha value is -2.59. The monoisotopic (exact) mass is 639 g/mol. The molecule has 1 atom stereocenters. The molecule has 0 fully saturated rings. The van der Waals surface area contributed by atoms with Crippen LogP contribution in [0.2, 0.25) is 10.0 Å². The third-order valence-electron chi connectivity index (χ3n) is 5.83. The lowest BCUT2D eigenvalue weighted by Gasteiger charge is -2.32. The fourth-order valence-corrected chi connectivity index (χ4v) is 5.90. The summed E-state index contributed by atoms with van der Waals surface area (Å²) in [5.74, 6) is -0.966. The molecule has 0 saturated carbocycles. The molecule has 1 unspecified atom stereocenters. The van der Waals surface area contributed by atoms with Gasteiger partial charge in [0, 0.05) is 33.2 Å². The second kappa shape index (κ2) is 13.5. The average Bonchev–Trinajstić information content (AvgIpc) is 2.90. The predicted octanol–water partition coefficient (Wildman–Crippen LogP) is 5.89. The van der Waals surface area contributed by atoms with E-state index in [1.807, 2.05) is 6.92 Å². The van der Waals surface area contributed by atoms with Crippen LogP contribution in [-0.2, 0) is 26.2 Å². The van der Waals surface area contributed by atoms with Crippen molar-refractivity contribution < 1.29 is 18.0 Å². The zero-order valence-electron chi connectivity index (χ0n) is 20.9. The predicted molar refractivity (Wildman–Crippen MR) is 155 cm³/mol. The molecule has 0 heterocycles. The van der Waals surface area contributed by atoms with Gasteiger partial charge in [0.05, 0.1) is 10.6 Å². The highest BCUT2D eigenvalue weighted by molar-refractivity contribution is 9.10. The first-order valence-corrected chi connectivity index (χ1v) is 14.9. The number of rotatable bonds is 11. The highest BCUT2D eigenvalue weighted by atomic mass is 79.9. The molecule has 0 aliphatic heterocycles. The van der Waals surface area contributed by atoms with Crippen LogP contribution in [0.3, 0.4) is 0 Å². The number of hydrogen-bond acceptors (Lipinski definition) is 4. The summed E-state index contributed by atoms with van der Waals surface area (Å²) in [6, 6.07) is 18.5. The van der Waals surface area contributed by atoms with Gasteiger partial charge in [-0.1, -0.05) is 70.3 Å². The second-order valence-electron chi connectivity index (χ2n) is 8.49. The third-order valence-corrected chi connectivity index (χ3v) is 8.86. The Kier molecular flexibility index (Phi) is 10.6. The van der Waals surface area contributed by atoms with Crippen molar-refractivity contribution in [1.29, 1.82) is 0 Å². The van der Waals surface area contributed by atoms with Crippen molar-refractivity contribution in [3.8, 4) is 0 Å². The lowest BCUT2D eigenvalue weighted by molar-refractivity contribution is -0.139. The van der Waals surface area contributed by atoms with Gasteiger partial charge in [-0.05, 0) is 61.9 Å². The van der Waals surface area contributed by atoms with E-state index < -0.39 is 28.5 Å². The fraction of sp³-hybridized carbons (Fsp3) is 0.259. The van der Waals surface area contributed by atoms with E-state index in [-0.39, 0.29) is 17.3 Å². The maximum atomic E-state index is 13.9. The smallest absolute Gasteiger partial charge is 0.264 e. The van der Waals surface area contributed by atoms with Gasteiger partial charge < -0.3 is 10.2 Å². The van der Waals surface area contributed by atoms with Crippen LogP contribution >= 0.6 is 39.1 Å². The molecule has 0 aliphatic carbocycles. The van der Waals surface area contributed by atoms with Crippen molar-refractivity contribution in [2.45, 2.75) is 37.8 Å². The summed E-state index contributed by atoms with van der Waals surface area (Å²) in [4.78, 5) is 28.1. The molecule has 0 radical (unpaired) electrons. The van der Waals surface area contributed by atoms with Crippen molar-refractivity contribution in [1.82, 2.24) is 10.2 Å². The van der Waals surface area contributed by atoms with Gasteiger partial charge in [-0.25, -0.2) is 8.42 Å². The summed E-state index contributed by atoms with van der Waals surface area (Å²) in [6.07, 6.45) is 0.718. The lowest BCUT2D eigenvalue weighted by atomic mass is 10.1. The molecule has 38 heavy (non-hydrogen) atoms. The zero-order chi connectivity index (χ0) is 27.9. The number of halogens is 3. The number of nitrogens with one attached hydrogen (secondary N) is 1. The van der Waals surface area contributed by atoms with Gasteiger partial charge in [0.15, 0.2) is 0 Å². The summed E-state index contributed by atoms with van der Waals surface area (Å²) in [6.45, 7) is 3.31. The SMILES string of the molecule is CCCNC(=O)C(C)N(Cc1c(Cl)cccc1Cl)C(=O)CN(c1ccc(Br)cc1)S(=O)(=O)c1ccccc1. The summed E-state index contributed by atoms with van der Waals surface area (Å²) < 4.78 is 29.2. The summed E-state index contributed by atoms with van der Waals surface area (Å²) in [7, 11) is -4.13. The first kappa shape index (κ1) is 30.0. The van der Waals surface area contributed by atoms with Crippen LogP contribution < -0.4 is 9.62 Å². The number of nitrogens with zero attached hydrogens (tertiary/aromatic N) is 2. The van der Waals surface area contributed by atoms with Gasteiger partial charge in [-0.15, -0.1) is 0 Å². The number of amides is 2. The van der Waals surface area contributed by atoms with E-state index in [1.165, 1.54) is 17.0 Å². The Morgan fingerprint density at radius 3 is 2.13 bits per heavy atom. The van der Waals surface area contributed by atoms with Gasteiger partial charge in [0.25, 0.3) is 10.0 Å². The fourth-order valence-electron chi connectivity index (χ4n) is 3.69. The maximum Gasteiger partial charge on any atom is 0.264 e. The Bertz CT molecular complexity index is 1350. The van der Waals surface area contributed by atoms with Crippen LogP contribution in [0.25, 0.3) is 0 Å². The molecule has 11 heteroatoms. The highest BCUT2D eigenvalue weighted by Gasteiger charge is 2.33. The number of carbonyl (C=O) groups excluding carboxylic acids is 2. The molecule has 3 rings (SSSR count). The Balaban J connectivity index is 2.04. The first-order valence-electron chi connectivity index (χ1n) is 11.9. The van der Waals surface area contributed by atoms with Crippen molar-refractivity contribution in [2.75, 3.05) is 17.4 Å². The van der Waals surface area contributed by atoms with E-state index in [1.54, 1.807) is 67.6 Å². The van der Waals surface area contributed by atoms with E-state index in [4.69, 9.17) is 23.2 Å². The van der Waals surface area contributed by atoms with Gasteiger partial charge in [-0.3, -0.25) is 13.9 Å². The van der Waals surface area contributed by atoms with E-state index in [2.05, 4.69) is 21.2 Å². The van der Waals surface area contributed by atoms with Crippen molar-refractivity contribution >= 4 is 66.7 Å². The van der Waals surface area contributed by atoms with E-state index in [9.17, 15) is 18.0 Å². The lowest BCUT2D eigenvalue weighted by Crippen LogP contribution is -2.51. The molecular weight excluding hydrogens is 613 g/mol. The second-order valence-corrected chi connectivity index (χ2v) is 12.1. The Labute approximate surface area is 241 Å². The van der Waals surface area contributed by atoms with Gasteiger partial charge in [0.2, 0.25) is 11.8 Å². The average molecular weight is 641 g/mol. The number of anilines is 1. The largest absolute Gasteiger partial charge is 0.354 e. The quantitative estimate of drug-likeness (QED) is 0.283. The zero-order valence-corrected chi connectivity index (χ0v) is 24.8. The molecule has 3 aromatic rings. The molecule has 7 nitrogen and oxygen atoms in total. The third kappa shape index (κ3) is 7.28. The Morgan fingerprint density at radius 2 is 1.55 bits per heavy atom. The van der Waals surface area contributed by atoms with Gasteiger partial charge in [0.1, 0.15) is 12.6 Å². The number of hydrogen-bond donors (Lipinski definition) is 1. The van der Waals surface area contributed by atoms with Crippen LogP contribution in [0.5, 0.6) is 0 Å². The van der Waals surface area contributed by atoms with Crippen LogP contribution in [0.4, 0.5) is 5.69 Å².